The molecular formula is C23H31N3O3. The highest BCUT2D eigenvalue weighted by molar-refractivity contribution is 5.93. The predicted molar refractivity (Wildman–Crippen MR) is 112 cm³/mol. The molecule has 1 aliphatic carbocycles. The number of benzene rings is 1. The monoisotopic (exact) mass is 397 g/mol. The topological polar surface area (TPSA) is 64.4 Å². The summed E-state index contributed by atoms with van der Waals surface area (Å²) in [5.74, 6) is 0.0918. The lowest BCUT2D eigenvalue weighted by Gasteiger charge is -2.33. The first kappa shape index (κ1) is 21.1. The summed E-state index contributed by atoms with van der Waals surface area (Å²) in [6.07, 6.45) is 4.31. The van der Waals surface area contributed by atoms with E-state index in [1.807, 2.05) is 44.3 Å². The van der Waals surface area contributed by atoms with Gasteiger partial charge in [-0.3, -0.25) is 9.48 Å². The quantitative estimate of drug-likeness (QED) is 0.697. The van der Waals surface area contributed by atoms with Crippen molar-refractivity contribution in [1.82, 2.24) is 14.7 Å². The predicted octanol–water partition coefficient (Wildman–Crippen LogP) is 3.74. The number of nitrogens with zero attached hydrogens (tertiary/aromatic N) is 3. The van der Waals surface area contributed by atoms with E-state index in [1.54, 1.807) is 16.5 Å². The third-order valence-electron chi connectivity index (χ3n) is 6.01. The molecule has 1 amide bonds. The third kappa shape index (κ3) is 5.05. The minimum Gasteiger partial charge on any atom is -0.452 e. The van der Waals surface area contributed by atoms with Crippen molar-refractivity contribution >= 4 is 11.9 Å². The molecule has 6 nitrogen and oxygen atoms in total. The van der Waals surface area contributed by atoms with Crippen LogP contribution in [0.3, 0.4) is 0 Å². The van der Waals surface area contributed by atoms with Crippen LogP contribution in [0, 0.1) is 19.8 Å². The zero-order chi connectivity index (χ0) is 21.0. The summed E-state index contributed by atoms with van der Waals surface area (Å²) in [4.78, 5) is 26.9. The second-order valence-corrected chi connectivity index (χ2v) is 8.18. The summed E-state index contributed by atoms with van der Waals surface area (Å²) >= 11 is 0. The number of hydrogen-bond acceptors (Lipinski definition) is 4. The Bertz CT molecular complexity index is 852. The fraction of sp³-hybridized carbons (Fsp3) is 0.522. The Morgan fingerprint density at radius 1 is 1.14 bits per heavy atom. The minimum atomic E-state index is -0.488. The van der Waals surface area contributed by atoms with Gasteiger partial charge in [-0.15, -0.1) is 0 Å². The average molecular weight is 398 g/mol. The Kier molecular flexibility index (Phi) is 6.72. The number of hydrogen-bond donors (Lipinski definition) is 0. The summed E-state index contributed by atoms with van der Waals surface area (Å²) in [7, 11) is 1.81. The summed E-state index contributed by atoms with van der Waals surface area (Å²) in [5.41, 5.74) is 2.92. The molecule has 2 aromatic rings. The Balaban J connectivity index is 1.60. The molecule has 1 aromatic carbocycles. The SMILES string of the molecule is Cc1nn(Cc2ccccc2)c(C)c1C(=O)OCC(=O)N(C)C1CCC(C)CC1. The van der Waals surface area contributed by atoms with Crippen molar-refractivity contribution in [3.8, 4) is 0 Å². The number of esters is 1. The van der Waals surface area contributed by atoms with Crippen LogP contribution in [0.5, 0.6) is 0 Å². The lowest BCUT2D eigenvalue weighted by molar-refractivity contribution is -0.136. The van der Waals surface area contributed by atoms with E-state index in [2.05, 4.69) is 12.0 Å². The first-order valence-electron chi connectivity index (χ1n) is 10.4. The molecule has 1 heterocycles. The Morgan fingerprint density at radius 2 is 1.79 bits per heavy atom. The van der Waals surface area contributed by atoms with Crippen LogP contribution in [0.4, 0.5) is 0 Å². The van der Waals surface area contributed by atoms with Crippen LogP contribution < -0.4 is 0 Å². The standard InChI is InChI=1S/C23H31N3O3/c1-16-10-12-20(13-11-16)25(4)21(27)15-29-23(28)22-17(2)24-26(18(22)3)14-19-8-6-5-7-9-19/h5-9,16,20H,10-15H2,1-4H3. The molecule has 0 N–H and O–H groups in total. The van der Waals surface area contributed by atoms with Crippen LogP contribution in [0.15, 0.2) is 30.3 Å². The van der Waals surface area contributed by atoms with E-state index in [9.17, 15) is 9.59 Å². The molecule has 1 fully saturated rings. The van der Waals surface area contributed by atoms with Crippen LogP contribution in [0.25, 0.3) is 0 Å². The molecule has 0 bridgehead atoms. The highest BCUT2D eigenvalue weighted by atomic mass is 16.5. The smallest absolute Gasteiger partial charge is 0.342 e. The van der Waals surface area contributed by atoms with E-state index in [0.717, 1.165) is 42.9 Å². The van der Waals surface area contributed by atoms with Crippen LogP contribution in [-0.2, 0) is 16.1 Å². The van der Waals surface area contributed by atoms with Crippen molar-refractivity contribution in [2.75, 3.05) is 13.7 Å². The summed E-state index contributed by atoms with van der Waals surface area (Å²) in [6.45, 7) is 6.26. The molecule has 1 aliphatic rings. The van der Waals surface area contributed by atoms with Crippen LogP contribution in [0.2, 0.25) is 0 Å². The van der Waals surface area contributed by atoms with Gasteiger partial charge in [0.1, 0.15) is 5.56 Å². The number of ether oxygens (including phenoxy) is 1. The van der Waals surface area contributed by atoms with Crippen molar-refractivity contribution in [2.45, 2.75) is 59.0 Å². The second-order valence-electron chi connectivity index (χ2n) is 8.18. The van der Waals surface area contributed by atoms with Gasteiger partial charge in [0.25, 0.3) is 5.91 Å². The van der Waals surface area contributed by atoms with E-state index in [4.69, 9.17) is 4.74 Å². The van der Waals surface area contributed by atoms with E-state index >= 15 is 0 Å². The van der Waals surface area contributed by atoms with Gasteiger partial charge >= 0.3 is 5.97 Å². The van der Waals surface area contributed by atoms with Gasteiger partial charge in [-0.1, -0.05) is 37.3 Å². The second kappa shape index (κ2) is 9.25. The van der Waals surface area contributed by atoms with E-state index in [-0.39, 0.29) is 18.6 Å². The maximum atomic E-state index is 12.7. The van der Waals surface area contributed by atoms with Gasteiger partial charge in [-0.2, -0.15) is 5.10 Å². The molecule has 6 heteroatoms. The zero-order valence-corrected chi connectivity index (χ0v) is 17.9. The van der Waals surface area contributed by atoms with Gasteiger partial charge < -0.3 is 9.64 Å². The van der Waals surface area contributed by atoms with Crippen LogP contribution >= 0.6 is 0 Å². The van der Waals surface area contributed by atoms with E-state index in [1.165, 1.54) is 0 Å². The largest absolute Gasteiger partial charge is 0.452 e. The number of aryl methyl sites for hydroxylation is 1. The number of rotatable bonds is 6. The van der Waals surface area contributed by atoms with Gasteiger partial charge in [-0.25, -0.2) is 4.79 Å². The molecule has 1 saturated carbocycles. The molecule has 3 rings (SSSR count). The lowest BCUT2D eigenvalue weighted by Crippen LogP contribution is -2.41. The fourth-order valence-corrected chi connectivity index (χ4v) is 4.04. The zero-order valence-electron chi connectivity index (χ0n) is 17.9. The summed E-state index contributed by atoms with van der Waals surface area (Å²) in [5, 5.41) is 4.49. The van der Waals surface area contributed by atoms with Gasteiger partial charge in [0.2, 0.25) is 0 Å². The number of amides is 1. The van der Waals surface area contributed by atoms with Crippen LogP contribution in [0.1, 0.15) is 59.9 Å². The molecule has 0 atom stereocenters. The van der Waals surface area contributed by atoms with Crippen molar-refractivity contribution in [3.05, 3.63) is 52.8 Å². The average Bonchev–Trinajstić information content (AvgIpc) is 2.99. The maximum Gasteiger partial charge on any atom is 0.342 e. The highest BCUT2D eigenvalue weighted by Gasteiger charge is 2.26. The van der Waals surface area contributed by atoms with Crippen molar-refractivity contribution in [1.29, 1.82) is 0 Å². The van der Waals surface area contributed by atoms with Crippen molar-refractivity contribution < 1.29 is 14.3 Å². The van der Waals surface area contributed by atoms with E-state index in [0.29, 0.717) is 17.8 Å². The van der Waals surface area contributed by atoms with E-state index < -0.39 is 5.97 Å². The molecule has 156 valence electrons. The van der Waals surface area contributed by atoms with Crippen LogP contribution in [-0.4, -0.2) is 46.3 Å². The minimum absolute atomic E-state index is 0.148. The number of carbonyl (C=O) groups is 2. The molecule has 0 aliphatic heterocycles. The van der Waals surface area contributed by atoms with Gasteiger partial charge in [0.15, 0.2) is 6.61 Å². The molecule has 0 radical (unpaired) electrons. The molecule has 0 unspecified atom stereocenters. The number of carbonyl (C=O) groups excluding carboxylic acids is 2. The molecular weight excluding hydrogens is 366 g/mol. The third-order valence-corrected chi connectivity index (χ3v) is 6.01. The fourth-order valence-electron chi connectivity index (χ4n) is 4.04. The van der Waals surface area contributed by atoms with Gasteiger partial charge in [-0.05, 0) is 51.0 Å². The van der Waals surface area contributed by atoms with Crippen molar-refractivity contribution in [3.63, 3.8) is 0 Å². The molecule has 0 spiro atoms. The number of aromatic nitrogens is 2. The lowest BCUT2D eigenvalue weighted by atomic mass is 9.87. The Labute approximate surface area is 172 Å². The maximum absolute atomic E-state index is 12.7. The Morgan fingerprint density at radius 3 is 2.45 bits per heavy atom. The number of likely N-dealkylation sites (N-methyl/N-ethyl adjacent to an activating group) is 1. The molecule has 29 heavy (non-hydrogen) atoms. The van der Waals surface area contributed by atoms with Gasteiger partial charge in [0, 0.05) is 13.1 Å². The first-order valence-corrected chi connectivity index (χ1v) is 10.4. The molecule has 1 aromatic heterocycles. The van der Waals surface area contributed by atoms with Gasteiger partial charge in [0.05, 0.1) is 17.9 Å². The Hall–Kier alpha value is -2.63. The molecule has 0 saturated heterocycles. The van der Waals surface area contributed by atoms with Crippen molar-refractivity contribution in [2.24, 2.45) is 5.92 Å². The first-order chi connectivity index (χ1) is 13.9. The summed E-state index contributed by atoms with van der Waals surface area (Å²) in [6, 6.07) is 10.2. The summed E-state index contributed by atoms with van der Waals surface area (Å²) < 4.78 is 7.17. The normalized spacial score (nSPS) is 19.0. The highest BCUT2D eigenvalue weighted by Crippen LogP contribution is 2.26.